The molecular formula is C22H23N3O. The van der Waals surface area contributed by atoms with E-state index < -0.39 is 0 Å². The predicted molar refractivity (Wildman–Crippen MR) is 103 cm³/mol. The summed E-state index contributed by atoms with van der Waals surface area (Å²) in [5.74, 6) is -0.0849. The van der Waals surface area contributed by atoms with Crippen molar-refractivity contribution in [2.75, 3.05) is 19.6 Å². The van der Waals surface area contributed by atoms with Crippen LogP contribution in [0.15, 0.2) is 54.6 Å². The lowest BCUT2D eigenvalue weighted by atomic mass is 10.00. The quantitative estimate of drug-likeness (QED) is 0.646. The molecule has 4 heteroatoms. The Bertz CT molecular complexity index is 818. The van der Waals surface area contributed by atoms with Crippen LogP contribution < -0.4 is 5.32 Å². The van der Waals surface area contributed by atoms with Crippen LogP contribution in [0, 0.1) is 11.3 Å². The number of nitriles is 1. The van der Waals surface area contributed by atoms with Crippen LogP contribution in [0.3, 0.4) is 0 Å². The van der Waals surface area contributed by atoms with E-state index in [-0.39, 0.29) is 5.91 Å². The summed E-state index contributed by atoms with van der Waals surface area (Å²) in [5.41, 5.74) is 4.41. The summed E-state index contributed by atoms with van der Waals surface area (Å²) in [6, 6.07) is 17.9. The average Bonchev–Trinajstić information content (AvgIpc) is 2.70. The fourth-order valence-electron chi connectivity index (χ4n) is 3.16. The highest BCUT2D eigenvalue weighted by atomic mass is 16.1. The van der Waals surface area contributed by atoms with Gasteiger partial charge in [0.15, 0.2) is 0 Å². The number of nitrogens with one attached hydrogen (secondary N) is 1. The van der Waals surface area contributed by atoms with E-state index in [0.29, 0.717) is 12.1 Å². The molecule has 2 aromatic carbocycles. The fourth-order valence-corrected chi connectivity index (χ4v) is 3.16. The second-order valence-corrected chi connectivity index (χ2v) is 6.51. The van der Waals surface area contributed by atoms with Crippen LogP contribution in [0.25, 0.3) is 6.08 Å². The van der Waals surface area contributed by atoms with Crippen LogP contribution in [0.2, 0.25) is 0 Å². The first-order valence-electron chi connectivity index (χ1n) is 9.00. The number of nitrogens with zero attached hydrogens (tertiary/aromatic N) is 2. The molecule has 1 N–H and O–H groups in total. The molecule has 1 aliphatic rings. The summed E-state index contributed by atoms with van der Waals surface area (Å²) < 4.78 is 0. The number of rotatable bonds is 6. The zero-order chi connectivity index (χ0) is 18.2. The van der Waals surface area contributed by atoms with Gasteiger partial charge in [-0.2, -0.15) is 5.26 Å². The van der Waals surface area contributed by atoms with Crippen LogP contribution in [0.5, 0.6) is 0 Å². The van der Waals surface area contributed by atoms with Gasteiger partial charge in [-0.3, -0.25) is 9.69 Å². The largest absolute Gasteiger partial charge is 0.353 e. The molecule has 26 heavy (non-hydrogen) atoms. The first-order chi connectivity index (χ1) is 12.7. The highest BCUT2D eigenvalue weighted by molar-refractivity contribution is 5.91. The van der Waals surface area contributed by atoms with Crippen molar-refractivity contribution in [2.45, 2.75) is 19.4 Å². The van der Waals surface area contributed by atoms with Gasteiger partial charge in [0.05, 0.1) is 11.6 Å². The Balaban J connectivity index is 1.36. The first kappa shape index (κ1) is 17.9. The van der Waals surface area contributed by atoms with E-state index in [2.05, 4.69) is 40.6 Å². The van der Waals surface area contributed by atoms with Gasteiger partial charge in [0.1, 0.15) is 0 Å². The molecule has 0 aliphatic carbocycles. The Morgan fingerprint density at radius 1 is 1.15 bits per heavy atom. The van der Waals surface area contributed by atoms with Gasteiger partial charge in [0.2, 0.25) is 5.91 Å². The molecule has 2 aromatic rings. The minimum atomic E-state index is -0.0849. The average molecular weight is 345 g/mol. The molecule has 0 radical (unpaired) electrons. The molecule has 0 bridgehead atoms. The maximum atomic E-state index is 11.9. The molecule has 1 aliphatic heterocycles. The van der Waals surface area contributed by atoms with Gasteiger partial charge in [-0.05, 0) is 47.7 Å². The van der Waals surface area contributed by atoms with E-state index in [4.69, 9.17) is 5.26 Å². The summed E-state index contributed by atoms with van der Waals surface area (Å²) in [6.45, 7) is 3.76. The molecule has 0 saturated heterocycles. The van der Waals surface area contributed by atoms with Crippen molar-refractivity contribution in [3.05, 3.63) is 76.9 Å². The summed E-state index contributed by atoms with van der Waals surface area (Å²) in [4.78, 5) is 14.3. The normalized spacial score (nSPS) is 14.0. The number of carbonyl (C=O) groups excluding carboxylic acids is 1. The lowest BCUT2D eigenvalue weighted by molar-refractivity contribution is -0.116. The van der Waals surface area contributed by atoms with E-state index in [1.165, 1.54) is 11.1 Å². The Morgan fingerprint density at radius 3 is 2.69 bits per heavy atom. The molecule has 0 unspecified atom stereocenters. The fraction of sp³-hybridized carbons (Fsp3) is 0.273. The Hall–Kier alpha value is -2.90. The number of hydrogen-bond donors (Lipinski definition) is 1. The third-order valence-electron chi connectivity index (χ3n) is 4.63. The zero-order valence-electron chi connectivity index (χ0n) is 14.8. The zero-order valence-corrected chi connectivity index (χ0v) is 14.8. The van der Waals surface area contributed by atoms with Crippen molar-refractivity contribution in [3.8, 4) is 6.07 Å². The van der Waals surface area contributed by atoms with Crippen LogP contribution in [-0.4, -0.2) is 30.4 Å². The summed E-state index contributed by atoms with van der Waals surface area (Å²) in [7, 11) is 0. The lowest BCUT2D eigenvalue weighted by Crippen LogP contribution is -2.33. The summed E-state index contributed by atoms with van der Waals surface area (Å²) in [6.07, 6.45) is 5.35. The van der Waals surface area contributed by atoms with Crippen LogP contribution in [-0.2, 0) is 17.8 Å². The van der Waals surface area contributed by atoms with E-state index >= 15 is 0 Å². The van der Waals surface area contributed by atoms with Crippen molar-refractivity contribution in [1.29, 1.82) is 5.26 Å². The maximum Gasteiger partial charge on any atom is 0.243 e. The van der Waals surface area contributed by atoms with Gasteiger partial charge in [-0.25, -0.2) is 0 Å². The summed E-state index contributed by atoms with van der Waals surface area (Å²) in [5, 5.41) is 11.7. The van der Waals surface area contributed by atoms with Crippen LogP contribution >= 0.6 is 0 Å². The lowest BCUT2D eigenvalue weighted by Gasteiger charge is -2.28. The van der Waals surface area contributed by atoms with Crippen molar-refractivity contribution in [3.63, 3.8) is 0 Å². The minimum absolute atomic E-state index is 0.0849. The van der Waals surface area contributed by atoms with Crippen molar-refractivity contribution in [1.82, 2.24) is 10.2 Å². The van der Waals surface area contributed by atoms with Gasteiger partial charge in [-0.1, -0.05) is 36.4 Å². The van der Waals surface area contributed by atoms with E-state index in [1.807, 2.05) is 12.1 Å². The Morgan fingerprint density at radius 2 is 1.92 bits per heavy atom. The number of carbonyl (C=O) groups is 1. The van der Waals surface area contributed by atoms with Gasteiger partial charge >= 0.3 is 0 Å². The van der Waals surface area contributed by atoms with E-state index in [0.717, 1.165) is 38.0 Å². The molecular weight excluding hydrogens is 322 g/mol. The summed E-state index contributed by atoms with van der Waals surface area (Å²) >= 11 is 0. The Labute approximate surface area is 154 Å². The standard InChI is InChI=1S/C22H23N3O/c23-16-19-8-6-18(7-9-19)10-11-22(26)24-13-3-14-25-15-12-20-4-1-2-5-21(20)17-25/h1-2,4-11H,3,12-15,17H2,(H,24,26)/b11-10-. The van der Waals surface area contributed by atoms with Crippen LogP contribution in [0.1, 0.15) is 28.7 Å². The number of hydrogen-bond acceptors (Lipinski definition) is 3. The van der Waals surface area contributed by atoms with Crippen molar-refractivity contribution in [2.24, 2.45) is 0 Å². The highest BCUT2D eigenvalue weighted by Gasteiger charge is 2.14. The van der Waals surface area contributed by atoms with Crippen LogP contribution in [0.4, 0.5) is 0 Å². The monoisotopic (exact) mass is 345 g/mol. The molecule has 0 atom stereocenters. The second kappa shape index (κ2) is 8.98. The molecule has 0 aromatic heterocycles. The number of amides is 1. The molecule has 132 valence electrons. The molecule has 0 fully saturated rings. The third-order valence-corrected chi connectivity index (χ3v) is 4.63. The molecule has 3 rings (SSSR count). The molecule has 4 nitrogen and oxygen atoms in total. The van der Waals surface area contributed by atoms with Gasteiger partial charge in [-0.15, -0.1) is 0 Å². The molecule has 0 spiro atoms. The molecule has 0 saturated carbocycles. The number of fused-ring (bicyclic) bond motifs is 1. The predicted octanol–water partition coefficient (Wildman–Crippen LogP) is 3.14. The molecule has 1 amide bonds. The molecule has 1 heterocycles. The third kappa shape index (κ3) is 5.05. The van der Waals surface area contributed by atoms with E-state index in [1.54, 1.807) is 24.3 Å². The van der Waals surface area contributed by atoms with E-state index in [9.17, 15) is 4.79 Å². The van der Waals surface area contributed by atoms with Crippen molar-refractivity contribution >= 4 is 12.0 Å². The number of benzene rings is 2. The van der Waals surface area contributed by atoms with Gasteiger partial charge in [0.25, 0.3) is 0 Å². The maximum absolute atomic E-state index is 11.9. The first-order valence-corrected chi connectivity index (χ1v) is 9.00. The minimum Gasteiger partial charge on any atom is -0.353 e. The highest BCUT2D eigenvalue weighted by Crippen LogP contribution is 2.18. The topological polar surface area (TPSA) is 56.1 Å². The SMILES string of the molecule is N#Cc1ccc(/C=C\C(=O)NCCCN2CCc3ccccc3C2)cc1. The second-order valence-electron chi connectivity index (χ2n) is 6.51. The smallest absolute Gasteiger partial charge is 0.243 e. The van der Waals surface area contributed by atoms with Gasteiger partial charge < -0.3 is 5.32 Å². The Kier molecular flexibility index (Phi) is 6.19. The van der Waals surface area contributed by atoms with Crippen molar-refractivity contribution < 1.29 is 4.79 Å². The van der Waals surface area contributed by atoms with Gasteiger partial charge in [0, 0.05) is 32.3 Å².